The molecule has 8 heteroatoms. The predicted molar refractivity (Wildman–Crippen MR) is 91.3 cm³/mol. The van der Waals surface area contributed by atoms with E-state index < -0.39 is 4.92 Å². The quantitative estimate of drug-likeness (QED) is 0.459. The zero-order valence-corrected chi connectivity index (χ0v) is 14.7. The maximum Gasteiger partial charge on any atom is 0.308 e. The summed E-state index contributed by atoms with van der Waals surface area (Å²) in [6, 6.07) is 5.65. The molecule has 2 aromatic rings. The number of carbonyl (C=O) groups is 1. The molecule has 1 aromatic heterocycles. The van der Waals surface area contributed by atoms with Crippen molar-refractivity contribution in [1.29, 1.82) is 0 Å². The van der Waals surface area contributed by atoms with Crippen LogP contribution in [0.1, 0.15) is 37.5 Å². The Kier molecular flexibility index (Phi) is 4.51. The van der Waals surface area contributed by atoms with Crippen LogP contribution in [0, 0.1) is 15.5 Å². The summed E-state index contributed by atoms with van der Waals surface area (Å²) in [5.41, 5.74) is 1.76. The fourth-order valence-electron chi connectivity index (χ4n) is 3.16. The van der Waals surface area contributed by atoms with Crippen molar-refractivity contribution in [1.82, 2.24) is 9.78 Å². The van der Waals surface area contributed by atoms with Gasteiger partial charge in [0.2, 0.25) is 0 Å². The number of halogens is 1. The van der Waals surface area contributed by atoms with Gasteiger partial charge in [-0.15, -0.1) is 0 Å². The molecule has 7 nitrogen and oxygen atoms in total. The lowest BCUT2D eigenvalue weighted by atomic mass is 9.87. The van der Waals surface area contributed by atoms with Gasteiger partial charge in [0.15, 0.2) is 0 Å². The zero-order valence-electron chi connectivity index (χ0n) is 13.9. The predicted octanol–water partition coefficient (Wildman–Crippen LogP) is 3.70. The van der Waals surface area contributed by atoms with Gasteiger partial charge in [-0.3, -0.25) is 19.6 Å². The lowest BCUT2D eigenvalue weighted by molar-refractivity contribution is -0.385. The summed E-state index contributed by atoms with van der Waals surface area (Å²) < 4.78 is 7.08. The Morgan fingerprint density at radius 3 is 2.96 bits per heavy atom. The first-order valence-corrected chi connectivity index (χ1v) is 8.29. The largest absolute Gasteiger partial charge is 0.457 e. The van der Waals surface area contributed by atoms with Crippen LogP contribution in [-0.4, -0.2) is 20.7 Å². The highest BCUT2D eigenvalue weighted by Gasteiger charge is 2.41. The standard InChI is InChI=1S/C17H18ClN3O4/c1-17(2)8-11-3-4-12(18)7-14(11)16(17)25-15(22)5-6-20-10-13(9-19-20)21(23)24/h3-4,7,9-10,16H,5-6,8H2,1-2H3/t16-/m1/s1. The molecule has 1 heterocycles. The SMILES string of the molecule is CC1(C)Cc2ccc(Cl)cc2[C@H]1OC(=O)CCn1cc([N+](=O)[O-])cn1. The van der Waals surface area contributed by atoms with Gasteiger partial charge in [0, 0.05) is 10.4 Å². The van der Waals surface area contributed by atoms with Gasteiger partial charge in [-0.2, -0.15) is 5.10 Å². The molecule has 132 valence electrons. The summed E-state index contributed by atoms with van der Waals surface area (Å²) in [6.45, 7) is 4.33. The van der Waals surface area contributed by atoms with Gasteiger partial charge in [-0.25, -0.2) is 0 Å². The fraction of sp³-hybridized carbons (Fsp3) is 0.412. The van der Waals surface area contributed by atoms with Crippen molar-refractivity contribution in [3.8, 4) is 0 Å². The Morgan fingerprint density at radius 1 is 1.52 bits per heavy atom. The zero-order chi connectivity index (χ0) is 18.2. The van der Waals surface area contributed by atoms with Crippen molar-refractivity contribution >= 4 is 23.3 Å². The molecule has 25 heavy (non-hydrogen) atoms. The number of fused-ring (bicyclic) bond motifs is 1. The number of aromatic nitrogens is 2. The van der Waals surface area contributed by atoms with E-state index >= 15 is 0 Å². The molecule has 3 rings (SSSR count). The van der Waals surface area contributed by atoms with Gasteiger partial charge >= 0.3 is 11.7 Å². The fourth-order valence-corrected chi connectivity index (χ4v) is 3.34. The van der Waals surface area contributed by atoms with Gasteiger partial charge in [0.25, 0.3) is 0 Å². The molecule has 0 fully saturated rings. The van der Waals surface area contributed by atoms with E-state index in [0.29, 0.717) is 5.02 Å². The van der Waals surface area contributed by atoms with Gasteiger partial charge in [0.1, 0.15) is 18.5 Å². The maximum atomic E-state index is 12.3. The molecule has 1 atom stereocenters. The molecule has 1 aliphatic carbocycles. The lowest BCUT2D eigenvalue weighted by Crippen LogP contribution is -2.23. The average Bonchev–Trinajstić information content (AvgIpc) is 3.09. The average molecular weight is 364 g/mol. The van der Waals surface area contributed by atoms with Crippen LogP contribution in [0.15, 0.2) is 30.6 Å². The molecule has 0 saturated heterocycles. The Balaban J connectivity index is 1.66. The number of ether oxygens (including phenoxy) is 1. The van der Waals surface area contributed by atoms with E-state index in [0.717, 1.165) is 23.7 Å². The number of hydrogen-bond donors (Lipinski definition) is 0. The highest BCUT2D eigenvalue weighted by atomic mass is 35.5. The van der Waals surface area contributed by atoms with Crippen molar-refractivity contribution < 1.29 is 14.5 Å². The molecule has 0 saturated carbocycles. The third kappa shape index (κ3) is 3.66. The molecular weight excluding hydrogens is 346 g/mol. The molecule has 1 aliphatic rings. The van der Waals surface area contributed by atoms with Gasteiger partial charge in [0.05, 0.1) is 17.9 Å². The van der Waals surface area contributed by atoms with E-state index in [1.54, 1.807) is 0 Å². The van der Waals surface area contributed by atoms with Crippen LogP contribution in [-0.2, 0) is 22.5 Å². The Hall–Kier alpha value is -2.41. The topological polar surface area (TPSA) is 87.3 Å². The first-order chi connectivity index (χ1) is 11.8. The summed E-state index contributed by atoms with van der Waals surface area (Å²) >= 11 is 6.08. The maximum absolute atomic E-state index is 12.3. The van der Waals surface area contributed by atoms with Crippen molar-refractivity contribution in [3.63, 3.8) is 0 Å². The van der Waals surface area contributed by atoms with E-state index in [2.05, 4.69) is 18.9 Å². The molecule has 1 aromatic carbocycles. The number of nitro groups is 1. The highest BCUT2D eigenvalue weighted by molar-refractivity contribution is 6.30. The monoisotopic (exact) mass is 363 g/mol. The first-order valence-electron chi connectivity index (χ1n) is 7.91. The smallest absolute Gasteiger partial charge is 0.308 e. The van der Waals surface area contributed by atoms with Crippen LogP contribution < -0.4 is 0 Å². The molecular formula is C17H18ClN3O4. The van der Waals surface area contributed by atoms with Gasteiger partial charge in [-0.1, -0.05) is 31.5 Å². The molecule has 0 spiro atoms. The molecule has 0 amide bonds. The number of carbonyl (C=O) groups excluding carboxylic acids is 1. The minimum Gasteiger partial charge on any atom is -0.457 e. The number of nitrogens with zero attached hydrogens (tertiary/aromatic N) is 3. The van der Waals surface area contributed by atoms with Crippen molar-refractivity contribution in [2.45, 2.75) is 39.3 Å². The van der Waals surface area contributed by atoms with Gasteiger partial charge in [-0.05, 0) is 29.7 Å². The van der Waals surface area contributed by atoms with E-state index in [4.69, 9.17) is 16.3 Å². The molecule has 0 unspecified atom stereocenters. The Bertz CT molecular complexity index is 831. The van der Waals surface area contributed by atoms with Crippen LogP contribution in [0.4, 0.5) is 5.69 Å². The summed E-state index contributed by atoms with van der Waals surface area (Å²) in [5.74, 6) is -0.371. The first kappa shape index (κ1) is 17.4. The minimum absolute atomic E-state index is 0.0846. The van der Waals surface area contributed by atoms with Crippen molar-refractivity contribution in [2.75, 3.05) is 0 Å². The number of aryl methyl sites for hydroxylation is 1. The van der Waals surface area contributed by atoms with E-state index in [1.165, 1.54) is 10.9 Å². The number of esters is 1. The Morgan fingerprint density at radius 2 is 2.28 bits per heavy atom. The summed E-state index contributed by atoms with van der Waals surface area (Å²) in [4.78, 5) is 22.4. The van der Waals surface area contributed by atoms with Gasteiger partial charge < -0.3 is 4.74 Å². The molecule has 0 aliphatic heterocycles. The minimum atomic E-state index is -0.524. The lowest BCUT2D eigenvalue weighted by Gasteiger charge is -2.27. The van der Waals surface area contributed by atoms with E-state index in [1.807, 2.05) is 18.2 Å². The second kappa shape index (κ2) is 6.48. The second-order valence-electron chi connectivity index (χ2n) is 6.85. The normalized spacial score (nSPS) is 18.0. The third-order valence-electron chi connectivity index (χ3n) is 4.37. The highest BCUT2D eigenvalue weighted by Crippen LogP contribution is 2.48. The van der Waals surface area contributed by atoms with Crippen LogP contribution in [0.5, 0.6) is 0 Å². The van der Waals surface area contributed by atoms with E-state index in [9.17, 15) is 14.9 Å². The number of rotatable bonds is 5. The summed E-state index contributed by atoms with van der Waals surface area (Å²) in [7, 11) is 0. The van der Waals surface area contributed by atoms with E-state index in [-0.39, 0.29) is 36.1 Å². The second-order valence-corrected chi connectivity index (χ2v) is 7.28. The molecule has 0 radical (unpaired) electrons. The number of benzene rings is 1. The molecule has 0 N–H and O–H groups in total. The van der Waals surface area contributed by atoms with Crippen molar-refractivity contribution in [3.05, 3.63) is 56.9 Å². The summed E-state index contributed by atoms with van der Waals surface area (Å²) in [5, 5.41) is 15.1. The Labute approximate surface area is 149 Å². The summed E-state index contributed by atoms with van der Waals surface area (Å²) in [6.07, 6.45) is 2.98. The van der Waals surface area contributed by atoms with Crippen molar-refractivity contribution in [2.24, 2.45) is 5.41 Å². The van der Waals surface area contributed by atoms with Crippen LogP contribution in [0.2, 0.25) is 5.02 Å². The van der Waals surface area contributed by atoms with Crippen LogP contribution in [0.25, 0.3) is 0 Å². The molecule has 0 bridgehead atoms. The number of hydrogen-bond acceptors (Lipinski definition) is 5. The van der Waals surface area contributed by atoms with Crippen LogP contribution in [0.3, 0.4) is 0 Å². The van der Waals surface area contributed by atoms with Crippen LogP contribution >= 0.6 is 11.6 Å². The third-order valence-corrected chi connectivity index (χ3v) is 4.61.